The first-order chi connectivity index (χ1) is 17.1. The molecule has 0 bridgehead atoms. The molecule has 1 saturated heterocycles. The molecular weight excluding hydrogens is 474 g/mol. The van der Waals surface area contributed by atoms with Gasteiger partial charge < -0.3 is 10.2 Å². The van der Waals surface area contributed by atoms with Crippen LogP contribution in [0.4, 0.5) is 11.5 Å². The van der Waals surface area contributed by atoms with Crippen molar-refractivity contribution in [1.82, 2.24) is 14.3 Å². The van der Waals surface area contributed by atoms with Crippen molar-refractivity contribution in [3.63, 3.8) is 0 Å². The maximum Gasteiger partial charge on any atom is 0.243 e. The molecule has 1 amide bonds. The van der Waals surface area contributed by atoms with E-state index in [4.69, 9.17) is 9.97 Å². The molecule has 9 heteroatoms. The molecule has 1 aliphatic heterocycles. The minimum atomic E-state index is -3.64. The van der Waals surface area contributed by atoms with Crippen molar-refractivity contribution in [2.75, 3.05) is 36.4 Å². The fourth-order valence-electron chi connectivity index (χ4n) is 4.60. The van der Waals surface area contributed by atoms with Crippen LogP contribution in [0.15, 0.2) is 53.4 Å². The number of anilines is 2. The molecule has 0 spiro atoms. The molecule has 1 fully saturated rings. The van der Waals surface area contributed by atoms with Crippen LogP contribution in [-0.4, -0.2) is 54.8 Å². The van der Waals surface area contributed by atoms with Gasteiger partial charge in [-0.05, 0) is 50.1 Å². The molecule has 0 aliphatic carbocycles. The first kappa shape index (κ1) is 25.8. The lowest BCUT2D eigenvalue weighted by atomic mass is 10.0. The number of benzene rings is 2. The van der Waals surface area contributed by atoms with Gasteiger partial charge in [0.1, 0.15) is 5.82 Å². The molecule has 36 heavy (non-hydrogen) atoms. The van der Waals surface area contributed by atoms with Crippen LogP contribution in [0.25, 0.3) is 11.4 Å². The summed E-state index contributed by atoms with van der Waals surface area (Å²) >= 11 is 0. The van der Waals surface area contributed by atoms with E-state index in [1.54, 1.807) is 12.1 Å². The van der Waals surface area contributed by atoms with Crippen LogP contribution in [0.5, 0.6) is 0 Å². The summed E-state index contributed by atoms with van der Waals surface area (Å²) < 4.78 is 28.0. The number of piperazine rings is 1. The fourth-order valence-corrected chi connectivity index (χ4v) is 6.02. The Kier molecular flexibility index (Phi) is 7.42. The van der Waals surface area contributed by atoms with E-state index in [2.05, 4.69) is 30.1 Å². The number of amides is 1. The summed E-state index contributed by atoms with van der Waals surface area (Å²) in [7, 11) is -3.64. The Morgan fingerprint density at radius 2 is 1.64 bits per heavy atom. The third-order valence-corrected chi connectivity index (χ3v) is 8.23. The van der Waals surface area contributed by atoms with E-state index >= 15 is 0 Å². The number of aromatic nitrogens is 2. The van der Waals surface area contributed by atoms with Crippen LogP contribution >= 0.6 is 0 Å². The summed E-state index contributed by atoms with van der Waals surface area (Å²) in [6, 6.07) is 14.4. The number of sulfonamides is 1. The van der Waals surface area contributed by atoms with Gasteiger partial charge >= 0.3 is 0 Å². The largest absolute Gasteiger partial charge is 0.354 e. The second-order valence-electron chi connectivity index (χ2n) is 9.49. The Morgan fingerprint density at radius 3 is 2.22 bits per heavy atom. The minimum absolute atomic E-state index is 0.201. The topological polar surface area (TPSA) is 95.5 Å². The first-order valence-corrected chi connectivity index (χ1v) is 13.6. The van der Waals surface area contributed by atoms with Gasteiger partial charge in [0.15, 0.2) is 5.82 Å². The zero-order chi connectivity index (χ0) is 26.0. The summed E-state index contributed by atoms with van der Waals surface area (Å²) in [6.07, 6.45) is 0. The van der Waals surface area contributed by atoms with Gasteiger partial charge in [0.2, 0.25) is 15.9 Å². The van der Waals surface area contributed by atoms with Gasteiger partial charge in [-0.25, -0.2) is 18.4 Å². The average molecular weight is 508 g/mol. The summed E-state index contributed by atoms with van der Waals surface area (Å²) in [5.74, 6) is 1.60. The van der Waals surface area contributed by atoms with E-state index in [-0.39, 0.29) is 16.7 Å². The summed E-state index contributed by atoms with van der Waals surface area (Å²) in [5, 5.41) is 2.66. The summed E-state index contributed by atoms with van der Waals surface area (Å²) in [6.45, 7) is 11.5. The molecule has 2 aromatic carbocycles. The molecule has 4 rings (SSSR count). The Morgan fingerprint density at radius 1 is 0.972 bits per heavy atom. The van der Waals surface area contributed by atoms with Crippen molar-refractivity contribution in [2.45, 2.75) is 45.4 Å². The number of carbonyl (C=O) groups excluding carboxylic acids is 1. The third-order valence-electron chi connectivity index (χ3n) is 6.32. The molecule has 1 N–H and O–H groups in total. The Bertz CT molecular complexity index is 1360. The Hall–Kier alpha value is -3.30. The fraction of sp³-hybridized carbons (Fsp3) is 0.370. The highest BCUT2D eigenvalue weighted by Crippen LogP contribution is 2.32. The SMILES string of the molecule is CC(=O)Nc1ccc(S(=O)(=O)N2CCN(c3nc(-c4cccc(C)c4)nc(C)c3C(C)C)CC2)cc1. The highest BCUT2D eigenvalue weighted by atomic mass is 32.2. The smallest absolute Gasteiger partial charge is 0.243 e. The number of nitrogens with zero attached hydrogens (tertiary/aromatic N) is 4. The summed E-state index contributed by atoms with van der Waals surface area (Å²) in [4.78, 5) is 23.4. The summed E-state index contributed by atoms with van der Waals surface area (Å²) in [5.41, 5.74) is 4.72. The van der Waals surface area contributed by atoms with Crippen LogP contribution < -0.4 is 10.2 Å². The minimum Gasteiger partial charge on any atom is -0.354 e. The number of rotatable bonds is 6. The standard InChI is InChI=1S/C27H33N5O3S/c1-18(2)25-20(4)28-26(22-8-6-7-19(3)17-22)30-27(25)31-13-15-32(16-14-31)36(34,35)24-11-9-23(10-12-24)29-21(5)33/h6-12,17-18H,13-16H2,1-5H3,(H,29,33). The lowest BCUT2D eigenvalue weighted by Gasteiger charge is -2.36. The molecule has 1 aromatic heterocycles. The average Bonchev–Trinajstić information content (AvgIpc) is 2.83. The molecule has 1 aliphatic rings. The Labute approximate surface area is 213 Å². The molecule has 0 unspecified atom stereocenters. The molecule has 8 nitrogen and oxygen atoms in total. The molecule has 0 radical (unpaired) electrons. The van der Waals surface area contributed by atoms with E-state index in [0.29, 0.717) is 37.7 Å². The van der Waals surface area contributed by atoms with Gasteiger partial charge in [-0.15, -0.1) is 0 Å². The van der Waals surface area contributed by atoms with E-state index in [1.165, 1.54) is 23.4 Å². The second kappa shape index (κ2) is 10.4. The Balaban J connectivity index is 1.57. The van der Waals surface area contributed by atoms with Crippen molar-refractivity contribution in [3.8, 4) is 11.4 Å². The van der Waals surface area contributed by atoms with Gasteiger partial charge in [-0.2, -0.15) is 4.31 Å². The van der Waals surface area contributed by atoms with E-state index in [0.717, 1.165) is 28.2 Å². The van der Waals surface area contributed by atoms with Gasteiger partial charge in [-0.3, -0.25) is 4.79 Å². The van der Waals surface area contributed by atoms with Crippen molar-refractivity contribution < 1.29 is 13.2 Å². The van der Waals surface area contributed by atoms with Crippen molar-refractivity contribution in [1.29, 1.82) is 0 Å². The van der Waals surface area contributed by atoms with Crippen LogP contribution in [0.1, 0.15) is 43.5 Å². The number of hydrogen-bond acceptors (Lipinski definition) is 6. The highest BCUT2D eigenvalue weighted by Gasteiger charge is 2.30. The molecule has 190 valence electrons. The monoisotopic (exact) mass is 507 g/mol. The number of nitrogens with one attached hydrogen (secondary N) is 1. The molecule has 0 atom stereocenters. The lowest BCUT2D eigenvalue weighted by Crippen LogP contribution is -2.49. The van der Waals surface area contributed by atoms with Gasteiger partial charge in [0, 0.05) is 55.6 Å². The quantitative estimate of drug-likeness (QED) is 0.533. The predicted molar refractivity (Wildman–Crippen MR) is 143 cm³/mol. The second-order valence-corrected chi connectivity index (χ2v) is 11.4. The van der Waals surface area contributed by atoms with Crippen molar-refractivity contribution >= 4 is 27.4 Å². The number of carbonyl (C=O) groups is 1. The predicted octanol–water partition coefficient (Wildman–Crippen LogP) is 4.35. The van der Waals surface area contributed by atoms with Gasteiger partial charge in [-0.1, -0.05) is 37.6 Å². The molecule has 2 heterocycles. The lowest BCUT2D eigenvalue weighted by molar-refractivity contribution is -0.114. The van der Waals surface area contributed by atoms with Crippen LogP contribution in [0.3, 0.4) is 0 Å². The molecule has 3 aromatic rings. The van der Waals surface area contributed by atoms with Gasteiger partial charge in [0.05, 0.1) is 4.90 Å². The zero-order valence-corrected chi connectivity index (χ0v) is 22.3. The van der Waals surface area contributed by atoms with Crippen molar-refractivity contribution in [3.05, 3.63) is 65.4 Å². The van der Waals surface area contributed by atoms with Crippen LogP contribution in [-0.2, 0) is 14.8 Å². The van der Waals surface area contributed by atoms with E-state index in [1.807, 2.05) is 32.0 Å². The molecule has 0 saturated carbocycles. The number of aryl methyl sites for hydroxylation is 2. The first-order valence-electron chi connectivity index (χ1n) is 12.1. The van der Waals surface area contributed by atoms with Crippen LogP contribution in [0.2, 0.25) is 0 Å². The van der Waals surface area contributed by atoms with E-state index < -0.39 is 10.0 Å². The van der Waals surface area contributed by atoms with E-state index in [9.17, 15) is 13.2 Å². The normalized spacial score (nSPS) is 14.8. The highest BCUT2D eigenvalue weighted by molar-refractivity contribution is 7.89. The molecular formula is C27H33N5O3S. The maximum absolute atomic E-state index is 13.3. The van der Waals surface area contributed by atoms with Gasteiger partial charge in [0.25, 0.3) is 0 Å². The zero-order valence-electron chi connectivity index (χ0n) is 21.4. The third kappa shape index (κ3) is 5.42. The maximum atomic E-state index is 13.3. The van der Waals surface area contributed by atoms with Crippen LogP contribution in [0, 0.1) is 13.8 Å². The van der Waals surface area contributed by atoms with Crippen molar-refractivity contribution in [2.24, 2.45) is 0 Å². The number of hydrogen-bond donors (Lipinski definition) is 1.